The summed E-state index contributed by atoms with van der Waals surface area (Å²) in [7, 11) is -3.77. The molecule has 148 valence electrons. The molecule has 0 unspecified atom stereocenters. The number of unbranched alkanes of at least 4 members (excludes halogenated alkanes) is 17. The fourth-order valence-electron chi connectivity index (χ4n) is 3.26. The summed E-state index contributed by atoms with van der Waals surface area (Å²) in [6.45, 7) is 2.28. The molecule has 0 heterocycles. The maximum atomic E-state index is 8.90. The van der Waals surface area contributed by atoms with Crippen molar-refractivity contribution in [1.29, 1.82) is 0 Å². The average Bonchev–Trinajstić information content (AvgIpc) is 2.52. The first-order chi connectivity index (χ1) is 11.6. The fourth-order valence-corrected chi connectivity index (χ4v) is 3.99. The molecule has 0 saturated carbocycles. The van der Waals surface area contributed by atoms with Gasteiger partial charge in [-0.3, -0.25) is 0 Å². The third kappa shape index (κ3) is 22.3. The van der Waals surface area contributed by atoms with Gasteiger partial charge in [0.15, 0.2) is 0 Å². The molecular weight excluding hydrogens is 319 g/mol. The maximum absolute atomic E-state index is 8.90. The van der Waals surface area contributed by atoms with E-state index in [1.807, 2.05) is 0 Å². The van der Waals surface area contributed by atoms with Crippen LogP contribution in [0.15, 0.2) is 0 Å². The molecule has 0 fully saturated rings. The van der Waals surface area contributed by atoms with Gasteiger partial charge in [0.25, 0.3) is 0 Å². The average molecular weight is 365 g/mol. The van der Waals surface area contributed by atoms with Gasteiger partial charge in [0.1, 0.15) is 0 Å². The normalized spacial score (nSPS) is 12.7. The van der Waals surface area contributed by atoms with Crippen LogP contribution in [0.4, 0.5) is 0 Å². The molecule has 0 aromatic heterocycles. The minimum atomic E-state index is -3.77. The zero-order chi connectivity index (χ0) is 17.9. The molecular formula is C20H45O3P. The summed E-state index contributed by atoms with van der Waals surface area (Å²) in [5.74, 6) is 0. The minimum absolute atomic E-state index is 0.200. The van der Waals surface area contributed by atoms with Gasteiger partial charge in [-0.15, -0.1) is 0 Å². The van der Waals surface area contributed by atoms with Crippen molar-refractivity contribution in [2.24, 2.45) is 0 Å². The van der Waals surface area contributed by atoms with E-state index < -0.39 is 7.94 Å². The topological polar surface area (TPSA) is 60.7 Å². The van der Waals surface area contributed by atoms with E-state index in [4.69, 9.17) is 14.7 Å². The quantitative estimate of drug-likeness (QED) is 0.181. The van der Waals surface area contributed by atoms with E-state index in [1.165, 1.54) is 96.3 Å². The first-order valence-corrected chi connectivity index (χ1v) is 12.8. The van der Waals surface area contributed by atoms with Crippen LogP contribution < -0.4 is 0 Å². The standard InChI is InChI=1S/C20H45O3P/c1-2-3-4-5-6-7-8-9-10-11-12-13-14-15-16-17-18-19-20-24(21,22)23/h21-24H,2-20H2,1H3. The Balaban J connectivity index is 3.00. The van der Waals surface area contributed by atoms with E-state index in [2.05, 4.69) is 6.92 Å². The summed E-state index contributed by atoms with van der Waals surface area (Å²) in [5, 5.41) is 0. The van der Waals surface area contributed by atoms with E-state index in [0.29, 0.717) is 0 Å². The van der Waals surface area contributed by atoms with Crippen molar-refractivity contribution in [2.75, 3.05) is 6.16 Å². The summed E-state index contributed by atoms with van der Waals surface area (Å²) in [4.78, 5) is 26.7. The second kappa shape index (κ2) is 18.1. The molecule has 0 rings (SSSR count). The van der Waals surface area contributed by atoms with Crippen molar-refractivity contribution in [3.05, 3.63) is 0 Å². The summed E-state index contributed by atoms with van der Waals surface area (Å²) in [5.41, 5.74) is 0. The van der Waals surface area contributed by atoms with Gasteiger partial charge in [-0.25, -0.2) is 0 Å². The SMILES string of the molecule is CCCCCCCCCCCCCCCCCCCC[PH](O)(O)O. The van der Waals surface area contributed by atoms with E-state index in [9.17, 15) is 0 Å². The van der Waals surface area contributed by atoms with Gasteiger partial charge in [-0.2, -0.15) is 0 Å². The van der Waals surface area contributed by atoms with Gasteiger partial charge < -0.3 is 0 Å². The zero-order valence-corrected chi connectivity index (χ0v) is 17.3. The molecule has 0 saturated heterocycles. The van der Waals surface area contributed by atoms with Crippen LogP contribution in [-0.2, 0) is 0 Å². The first kappa shape index (κ1) is 24.3. The van der Waals surface area contributed by atoms with Crippen molar-refractivity contribution in [2.45, 2.75) is 122 Å². The predicted octanol–water partition coefficient (Wildman–Crippen LogP) is 6.50. The van der Waals surface area contributed by atoms with E-state index in [-0.39, 0.29) is 6.16 Å². The Kier molecular flexibility index (Phi) is 18.3. The predicted molar refractivity (Wildman–Crippen MR) is 109 cm³/mol. The second-order valence-corrected chi connectivity index (χ2v) is 9.58. The van der Waals surface area contributed by atoms with Crippen molar-refractivity contribution in [3.63, 3.8) is 0 Å². The van der Waals surface area contributed by atoms with Crippen LogP contribution in [0, 0.1) is 0 Å². The van der Waals surface area contributed by atoms with Gasteiger partial charge in [-0.05, 0) is 0 Å². The van der Waals surface area contributed by atoms with Gasteiger partial charge in [0.05, 0.1) is 0 Å². The van der Waals surface area contributed by atoms with Crippen LogP contribution in [0.3, 0.4) is 0 Å². The van der Waals surface area contributed by atoms with Crippen LogP contribution in [0.2, 0.25) is 0 Å². The second-order valence-electron chi connectivity index (χ2n) is 7.53. The first-order valence-electron chi connectivity index (χ1n) is 10.7. The van der Waals surface area contributed by atoms with Crippen LogP contribution in [0.1, 0.15) is 122 Å². The molecule has 0 aliphatic carbocycles. The van der Waals surface area contributed by atoms with E-state index in [1.54, 1.807) is 0 Å². The third-order valence-corrected chi connectivity index (χ3v) is 5.89. The van der Waals surface area contributed by atoms with Crippen LogP contribution >= 0.6 is 7.94 Å². The number of hydrogen-bond acceptors (Lipinski definition) is 3. The van der Waals surface area contributed by atoms with Gasteiger partial charge >= 0.3 is 99.4 Å². The molecule has 0 radical (unpaired) electrons. The molecule has 3 nitrogen and oxygen atoms in total. The Labute approximate surface area is 151 Å². The molecule has 0 amide bonds. The summed E-state index contributed by atoms with van der Waals surface area (Å²) in [6.07, 6.45) is 24.0. The Bertz CT molecular complexity index is 242. The molecule has 0 bridgehead atoms. The zero-order valence-electron chi connectivity index (χ0n) is 16.3. The van der Waals surface area contributed by atoms with Crippen molar-refractivity contribution in [1.82, 2.24) is 0 Å². The van der Waals surface area contributed by atoms with Gasteiger partial charge in [-0.1, -0.05) is 51.9 Å². The molecule has 0 spiro atoms. The fraction of sp³-hybridized carbons (Fsp3) is 1.00. The number of hydrogen-bond donors (Lipinski definition) is 3. The summed E-state index contributed by atoms with van der Waals surface area (Å²) in [6, 6.07) is 0. The summed E-state index contributed by atoms with van der Waals surface area (Å²) >= 11 is 0. The van der Waals surface area contributed by atoms with Crippen molar-refractivity contribution >= 4 is 7.94 Å². The van der Waals surface area contributed by atoms with Crippen molar-refractivity contribution in [3.8, 4) is 0 Å². The Hall–Kier alpha value is 0.310. The molecule has 0 aromatic rings. The van der Waals surface area contributed by atoms with Crippen LogP contribution in [0.25, 0.3) is 0 Å². The Morgan fingerprint density at radius 2 is 0.667 bits per heavy atom. The molecule has 24 heavy (non-hydrogen) atoms. The monoisotopic (exact) mass is 364 g/mol. The molecule has 4 heteroatoms. The Morgan fingerprint density at radius 1 is 0.417 bits per heavy atom. The molecule has 0 aromatic carbocycles. The van der Waals surface area contributed by atoms with E-state index >= 15 is 0 Å². The molecule has 0 aliphatic heterocycles. The van der Waals surface area contributed by atoms with Crippen LogP contribution in [0.5, 0.6) is 0 Å². The number of rotatable bonds is 19. The summed E-state index contributed by atoms with van der Waals surface area (Å²) < 4.78 is 0. The molecule has 3 N–H and O–H groups in total. The third-order valence-electron chi connectivity index (χ3n) is 4.87. The molecule has 0 aliphatic rings. The van der Waals surface area contributed by atoms with Gasteiger partial charge in [0.2, 0.25) is 0 Å². The molecule has 0 atom stereocenters. The van der Waals surface area contributed by atoms with Gasteiger partial charge in [0, 0.05) is 0 Å². The van der Waals surface area contributed by atoms with Crippen molar-refractivity contribution < 1.29 is 14.7 Å². The van der Waals surface area contributed by atoms with E-state index in [0.717, 1.165) is 19.3 Å². The van der Waals surface area contributed by atoms with Crippen LogP contribution in [-0.4, -0.2) is 20.8 Å². The Morgan fingerprint density at radius 3 is 0.917 bits per heavy atom.